The van der Waals surface area contributed by atoms with Crippen LogP contribution in [0.3, 0.4) is 0 Å². The Kier molecular flexibility index (Phi) is 5.15. The van der Waals surface area contributed by atoms with E-state index in [1.807, 2.05) is 40.6 Å². The number of rotatable bonds is 7. The zero-order valence-electron chi connectivity index (χ0n) is 11.4. The third-order valence-electron chi connectivity index (χ3n) is 2.93. The first kappa shape index (κ1) is 14.6. The third kappa shape index (κ3) is 4.08. The lowest BCUT2D eigenvalue weighted by molar-refractivity contribution is -0.119. The summed E-state index contributed by atoms with van der Waals surface area (Å²) in [6.07, 6.45) is 0. The summed E-state index contributed by atoms with van der Waals surface area (Å²) in [6, 6.07) is 11.9. The summed E-state index contributed by atoms with van der Waals surface area (Å²) >= 11 is 1.67. The second kappa shape index (κ2) is 7.07. The van der Waals surface area contributed by atoms with Crippen LogP contribution >= 0.6 is 11.3 Å². The first-order valence-corrected chi connectivity index (χ1v) is 7.22. The van der Waals surface area contributed by atoms with Crippen LogP contribution < -0.4 is 10.5 Å². The maximum absolute atomic E-state index is 11.2. The van der Waals surface area contributed by atoms with E-state index in [9.17, 15) is 4.79 Å². The summed E-state index contributed by atoms with van der Waals surface area (Å²) in [5, 5.41) is 2.03. The largest absolute Gasteiger partial charge is 0.496 e. The molecule has 1 amide bonds. The lowest BCUT2D eigenvalue weighted by Crippen LogP contribution is -2.32. The molecule has 0 spiro atoms. The van der Waals surface area contributed by atoms with E-state index in [0.717, 1.165) is 11.3 Å². The van der Waals surface area contributed by atoms with Crippen molar-refractivity contribution in [3.63, 3.8) is 0 Å². The Bertz CT molecular complexity index is 555. The van der Waals surface area contributed by atoms with Gasteiger partial charge in [0.05, 0.1) is 13.7 Å². The molecule has 0 aliphatic heterocycles. The fraction of sp³-hybridized carbons (Fsp3) is 0.267. The quantitative estimate of drug-likeness (QED) is 0.851. The molecule has 0 unspecified atom stereocenters. The number of ether oxygens (including phenoxy) is 1. The summed E-state index contributed by atoms with van der Waals surface area (Å²) in [5.74, 6) is 0.504. The highest BCUT2D eigenvalue weighted by molar-refractivity contribution is 7.09. The molecular formula is C15H18N2O2S. The Morgan fingerprint density at radius 2 is 2.05 bits per heavy atom. The van der Waals surface area contributed by atoms with Gasteiger partial charge >= 0.3 is 0 Å². The maximum Gasteiger partial charge on any atom is 0.231 e. The van der Waals surface area contributed by atoms with E-state index in [2.05, 4.69) is 6.07 Å². The molecule has 0 aliphatic carbocycles. The minimum absolute atomic E-state index is 0.232. The average molecular weight is 290 g/mol. The van der Waals surface area contributed by atoms with Crippen LogP contribution in [0, 0.1) is 0 Å². The van der Waals surface area contributed by atoms with Crippen LogP contribution in [-0.4, -0.2) is 24.5 Å². The predicted molar refractivity (Wildman–Crippen MR) is 80.6 cm³/mol. The molecule has 0 bridgehead atoms. The van der Waals surface area contributed by atoms with Gasteiger partial charge in [-0.15, -0.1) is 11.3 Å². The van der Waals surface area contributed by atoms with Gasteiger partial charge in [0.15, 0.2) is 0 Å². The molecule has 5 heteroatoms. The number of primary amides is 1. The van der Waals surface area contributed by atoms with Gasteiger partial charge < -0.3 is 10.5 Å². The Labute approximate surface area is 122 Å². The summed E-state index contributed by atoms with van der Waals surface area (Å²) in [7, 11) is 1.65. The van der Waals surface area contributed by atoms with Crippen molar-refractivity contribution in [1.29, 1.82) is 0 Å². The van der Waals surface area contributed by atoms with Crippen LogP contribution in [0.5, 0.6) is 5.75 Å². The fourth-order valence-electron chi connectivity index (χ4n) is 2.09. The van der Waals surface area contributed by atoms with Crippen molar-refractivity contribution >= 4 is 17.2 Å². The van der Waals surface area contributed by atoms with Crippen molar-refractivity contribution in [3.05, 3.63) is 52.2 Å². The van der Waals surface area contributed by atoms with Gasteiger partial charge in [0.25, 0.3) is 0 Å². The topological polar surface area (TPSA) is 55.6 Å². The summed E-state index contributed by atoms with van der Waals surface area (Å²) < 4.78 is 5.35. The minimum atomic E-state index is -0.323. The minimum Gasteiger partial charge on any atom is -0.496 e. The van der Waals surface area contributed by atoms with E-state index < -0.39 is 0 Å². The Morgan fingerprint density at radius 3 is 2.70 bits per heavy atom. The number of nitrogens with two attached hydrogens (primary N) is 1. The van der Waals surface area contributed by atoms with Crippen molar-refractivity contribution in [1.82, 2.24) is 4.90 Å². The zero-order chi connectivity index (χ0) is 14.4. The fourth-order valence-corrected chi connectivity index (χ4v) is 2.83. The van der Waals surface area contributed by atoms with E-state index in [1.165, 1.54) is 4.88 Å². The van der Waals surface area contributed by atoms with Crippen LogP contribution in [0.25, 0.3) is 0 Å². The first-order valence-electron chi connectivity index (χ1n) is 6.34. The van der Waals surface area contributed by atoms with Gasteiger partial charge in [0.2, 0.25) is 5.91 Å². The maximum atomic E-state index is 11.2. The molecule has 2 N–H and O–H groups in total. The molecular weight excluding hydrogens is 272 g/mol. The summed E-state index contributed by atoms with van der Waals surface area (Å²) in [4.78, 5) is 14.5. The molecule has 2 rings (SSSR count). The highest BCUT2D eigenvalue weighted by atomic mass is 32.1. The molecule has 0 atom stereocenters. The second-order valence-electron chi connectivity index (χ2n) is 4.50. The molecule has 2 aromatic rings. The number of hydrogen-bond donors (Lipinski definition) is 1. The van der Waals surface area contributed by atoms with E-state index in [0.29, 0.717) is 13.1 Å². The second-order valence-corrected chi connectivity index (χ2v) is 5.53. The summed E-state index contributed by atoms with van der Waals surface area (Å²) in [5.41, 5.74) is 6.39. The number of thiophene rings is 1. The SMILES string of the molecule is COc1ccccc1CN(CC(N)=O)Cc1cccs1. The van der Waals surface area contributed by atoms with Crippen LogP contribution in [-0.2, 0) is 17.9 Å². The van der Waals surface area contributed by atoms with E-state index in [1.54, 1.807) is 18.4 Å². The number of hydrogen-bond acceptors (Lipinski definition) is 4. The van der Waals surface area contributed by atoms with Crippen molar-refractivity contribution in [2.24, 2.45) is 5.73 Å². The van der Waals surface area contributed by atoms with Crippen molar-refractivity contribution in [3.8, 4) is 5.75 Å². The lowest BCUT2D eigenvalue weighted by atomic mass is 10.2. The molecule has 1 aromatic heterocycles. The van der Waals surface area contributed by atoms with E-state index in [4.69, 9.17) is 10.5 Å². The number of methoxy groups -OCH3 is 1. The van der Waals surface area contributed by atoms with Gasteiger partial charge in [0, 0.05) is 23.5 Å². The van der Waals surface area contributed by atoms with Crippen molar-refractivity contribution < 1.29 is 9.53 Å². The Morgan fingerprint density at radius 1 is 1.25 bits per heavy atom. The normalized spacial score (nSPS) is 10.7. The van der Waals surface area contributed by atoms with Gasteiger partial charge in [0.1, 0.15) is 5.75 Å². The standard InChI is InChI=1S/C15H18N2O2S/c1-19-14-7-3-2-5-12(14)9-17(11-15(16)18)10-13-6-4-8-20-13/h2-8H,9-11H2,1H3,(H2,16,18). The van der Waals surface area contributed by atoms with Crippen LogP contribution in [0.4, 0.5) is 0 Å². The Balaban J connectivity index is 2.12. The van der Waals surface area contributed by atoms with Gasteiger partial charge in [-0.05, 0) is 17.5 Å². The smallest absolute Gasteiger partial charge is 0.231 e. The van der Waals surface area contributed by atoms with Crippen LogP contribution in [0.1, 0.15) is 10.4 Å². The van der Waals surface area contributed by atoms with Crippen molar-refractivity contribution in [2.45, 2.75) is 13.1 Å². The molecule has 0 aliphatic rings. The molecule has 0 saturated heterocycles. The highest BCUT2D eigenvalue weighted by Gasteiger charge is 2.13. The molecule has 0 saturated carbocycles. The first-order chi connectivity index (χ1) is 9.69. The number of benzene rings is 1. The summed E-state index contributed by atoms with van der Waals surface area (Å²) in [6.45, 7) is 1.57. The predicted octanol–water partition coefficient (Wildman–Crippen LogP) is 2.24. The number of carbonyl (C=O) groups is 1. The van der Waals surface area contributed by atoms with Crippen molar-refractivity contribution in [2.75, 3.05) is 13.7 Å². The van der Waals surface area contributed by atoms with E-state index >= 15 is 0 Å². The molecule has 20 heavy (non-hydrogen) atoms. The average Bonchev–Trinajstić information content (AvgIpc) is 2.91. The van der Waals surface area contributed by atoms with Crippen LogP contribution in [0.2, 0.25) is 0 Å². The van der Waals surface area contributed by atoms with Gasteiger partial charge in [-0.3, -0.25) is 9.69 Å². The monoisotopic (exact) mass is 290 g/mol. The number of amides is 1. The van der Waals surface area contributed by atoms with E-state index in [-0.39, 0.29) is 12.5 Å². The number of carbonyl (C=O) groups excluding carboxylic acids is 1. The van der Waals surface area contributed by atoms with Gasteiger partial charge in [-0.1, -0.05) is 24.3 Å². The molecule has 1 aromatic carbocycles. The molecule has 0 radical (unpaired) electrons. The molecule has 1 heterocycles. The zero-order valence-corrected chi connectivity index (χ0v) is 12.2. The number of para-hydroxylation sites is 1. The van der Waals surface area contributed by atoms with Gasteiger partial charge in [-0.25, -0.2) is 0 Å². The van der Waals surface area contributed by atoms with Gasteiger partial charge in [-0.2, -0.15) is 0 Å². The Hall–Kier alpha value is -1.85. The van der Waals surface area contributed by atoms with Crippen LogP contribution in [0.15, 0.2) is 41.8 Å². The lowest BCUT2D eigenvalue weighted by Gasteiger charge is -2.21. The molecule has 106 valence electrons. The highest BCUT2D eigenvalue weighted by Crippen LogP contribution is 2.21. The number of nitrogens with zero attached hydrogens (tertiary/aromatic N) is 1. The third-order valence-corrected chi connectivity index (χ3v) is 3.79. The molecule has 4 nitrogen and oxygen atoms in total. The molecule has 0 fully saturated rings.